The normalized spacial score (nSPS) is 15.0. The maximum atomic E-state index is 13.3. The summed E-state index contributed by atoms with van der Waals surface area (Å²) in [6, 6.07) is 16.7. The fourth-order valence-electron chi connectivity index (χ4n) is 5.69. The Bertz CT molecular complexity index is 1820. The summed E-state index contributed by atoms with van der Waals surface area (Å²) in [5.41, 5.74) is 11.0. The first-order valence-corrected chi connectivity index (χ1v) is 14.6. The Morgan fingerprint density at radius 2 is 1.14 bits per heavy atom. The highest BCUT2D eigenvalue weighted by Crippen LogP contribution is 2.34. The first kappa shape index (κ1) is 40.2. The van der Waals surface area contributed by atoms with E-state index < -0.39 is 29.2 Å². The number of fused-ring (bicyclic) bond motifs is 2. The minimum absolute atomic E-state index is 0. The van der Waals surface area contributed by atoms with Gasteiger partial charge in [0.2, 0.25) is 0 Å². The molecule has 6 N–H and O–H groups in total. The Morgan fingerprint density at radius 1 is 0.673 bits per heavy atom. The summed E-state index contributed by atoms with van der Waals surface area (Å²) in [7, 11) is 1.54. The number of hydrogen-bond acceptors (Lipinski definition) is 4. The summed E-state index contributed by atoms with van der Waals surface area (Å²) in [6.07, 6.45) is 2.90. The molecule has 262 valence electrons. The minimum atomic E-state index is -1.02. The van der Waals surface area contributed by atoms with Gasteiger partial charge >= 0.3 is 6.03 Å². The molecule has 0 saturated carbocycles. The van der Waals surface area contributed by atoms with Gasteiger partial charge in [-0.25, -0.2) is 22.4 Å². The number of halogens is 5. The summed E-state index contributed by atoms with van der Waals surface area (Å²) in [6.45, 7) is 0. The lowest BCUT2D eigenvalue weighted by atomic mass is 10.0. The standard InChI is InChI=1S/C18H17F2N3O2.C16H14F2N2O.2CH4.ClH/c1-21-18(25)23-16-8-6-11-12(16)3-2-4-13(11)17(24)22-10-5-7-14(19)15(20)9-10;17-13-6-4-9(8-14(13)18)20-16(21)12-3-1-2-11-10(12)5-7-15(11)19;;;/h2-5,7,9,16H,6,8H2,1H3,(H,22,24)(H2,21,23,25);1-4,6,8,15H,5,7,19H2,(H,20,21);2*1H4;1H/t16-;15-;;;/m00.../s1. The van der Waals surface area contributed by atoms with Gasteiger partial charge in [-0.1, -0.05) is 39.1 Å². The molecule has 0 aromatic heterocycles. The minimum Gasteiger partial charge on any atom is -0.341 e. The molecule has 2 aliphatic rings. The van der Waals surface area contributed by atoms with Crippen LogP contribution in [0.1, 0.15) is 82.7 Å². The second kappa shape index (κ2) is 17.5. The van der Waals surface area contributed by atoms with Crippen LogP contribution in [-0.4, -0.2) is 24.9 Å². The van der Waals surface area contributed by atoms with E-state index in [2.05, 4.69) is 21.3 Å². The van der Waals surface area contributed by atoms with Gasteiger partial charge < -0.3 is 27.0 Å². The number of nitrogens with two attached hydrogens (primary N) is 1. The SMILES string of the molecule is C.C.CNC(=O)N[C@H]1CCc2c(C(=O)Nc3ccc(F)c(F)c3)cccc21.Cl.N[C@H]1CCc2c(C(=O)Nc3ccc(F)c(F)c3)cccc21. The van der Waals surface area contributed by atoms with Gasteiger partial charge in [0, 0.05) is 47.7 Å². The number of carbonyl (C=O) groups excluding carboxylic acids is 3. The molecular weight excluding hydrogens is 662 g/mol. The van der Waals surface area contributed by atoms with Gasteiger partial charge in [0.1, 0.15) is 0 Å². The van der Waals surface area contributed by atoms with E-state index in [1.165, 1.54) is 19.2 Å². The van der Waals surface area contributed by atoms with E-state index in [1.54, 1.807) is 24.3 Å². The number of amides is 4. The Labute approximate surface area is 289 Å². The molecule has 4 aromatic carbocycles. The van der Waals surface area contributed by atoms with Crippen LogP contribution >= 0.6 is 12.4 Å². The van der Waals surface area contributed by atoms with Crippen LogP contribution in [-0.2, 0) is 12.8 Å². The van der Waals surface area contributed by atoms with E-state index in [1.807, 2.05) is 12.1 Å². The largest absolute Gasteiger partial charge is 0.341 e. The molecule has 2 aliphatic carbocycles. The number of benzene rings is 4. The van der Waals surface area contributed by atoms with E-state index in [4.69, 9.17) is 5.73 Å². The Balaban J connectivity index is 0.000000324. The predicted molar refractivity (Wildman–Crippen MR) is 186 cm³/mol. The number of nitrogens with one attached hydrogen (secondary N) is 4. The Hall–Kier alpha value is -4.94. The molecule has 4 amide bonds. The van der Waals surface area contributed by atoms with Crippen molar-refractivity contribution in [1.82, 2.24) is 10.6 Å². The molecule has 0 fully saturated rings. The molecular formula is C36H40ClF4N5O3. The summed E-state index contributed by atoms with van der Waals surface area (Å²) in [5.74, 6) is -4.67. The van der Waals surface area contributed by atoms with Gasteiger partial charge in [-0.3, -0.25) is 9.59 Å². The Morgan fingerprint density at radius 3 is 1.63 bits per heavy atom. The highest BCUT2D eigenvalue weighted by molar-refractivity contribution is 6.06. The lowest BCUT2D eigenvalue weighted by Crippen LogP contribution is -2.34. The maximum absolute atomic E-state index is 13.3. The van der Waals surface area contributed by atoms with Gasteiger partial charge in [0.05, 0.1) is 6.04 Å². The van der Waals surface area contributed by atoms with Crippen molar-refractivity contribution in [1.29, 1.82) is 0 Å². The molecule has 2 atom stereocenters. The highest BCUT2D eigenvalue weighted by atomic mass is 35.5. The number of anilines is 2. The second-order valence-electron chi connectivity index (χ2n) is 10.9. The van der Waals surface area contributed by atoms with Crippen LogP contribution < -0.4 is 27.0 Å². The van der Waals surface area contributed by atoms with Gasteiger partial charge in [0.15, 0.2) is 23.3 Å². The molecule has 0 aliphatic heterocycles. The quantitative estimate of drug-likeness (QED) is 0.135. The fraction of sp³-hybridized carbons (Fsp3) is 0.250. The van der Waals surface area contributed by atoms with Gasteiger partial charge in [-0.2, -0.15) is 0 Å². The molecule has 0 spiro atoms. The van der Waals surface area contributed by atoms with E-state index in [0.29, 0.717) is 24.0 Å². The third kappa shape index (κ3) is 9.15. The molecule has 49 heavy (non-hydrogen) atoms. The zero-order chi connectivity index (χ0) is 33.0. The molecule has 6 rings (SSSR count). The third-order valence-corrected chi connectivity index (χ3v) is 7.96. The zero-order valence-electron chi connectivity index (χ0n) is 25.1. The van der Waals surface area contributed by atoms with Gasteiger partial charge in [-0.15, -0.1) is 12.4 Å². The van der Waals surface area contributed by atoms with Crippen LogP contribution in [0.15, 0.2) is 72.8 Å². The summed E-state index contributed by atoms with van der Waals surface area (Å²) < 4.78 is 52.3. The molecule has 13 heteroatoms. The van der Waals surface area contributed by atoms with Crippen molar-refractivity contribution in [2.75, 3.05) is 17.7 Å². The summed E-state index contributed by atoms with van der Waals surface area (Å²) >= 11 is 0. The second-order valence-corrected chi connectivity index (χ2v) is 10.9. The monoisotopic (exact) mass is 701 g/mol. The molecule has 8 nitrogen and oxygen atoms in total. The van der Waals surface area contributed by atoms with Crippen LogP contribution in [0.5, 0.6) is 0 Å². The van der Waals surface area contributed by atoms with Crippen molar-refractivity contribution < 1.29 is 31.9 Å². The van der Waals surface area contributed by atoms with Crippen molar-refractivity contribution in [3.05, 3.63) is 129 Å². The topological polar surface area (TPSA) is 125 Å². The van der Waals surface area contributed by atoms with Crippen LogP contribution in [0.4, 0.5) is 33.7 Å². The molecule has 0 unspecified atom stereocenters. The molecule has 0 saturated heterocycles. The van der Waals surface area contributed by atoms with Crippen LogP contribution in [0, 0.1) is 23.3 Å². The van der Waals surface area contributed by atoms with Crippen molar-refractivity contribution >= 4 is 41.6 Å². The number of urea groups is 1. The average molecular weight is 702 g/mol. The van der Waals surface area contributed by atoms with Gasteiger partial charge in [-0.05, 0) is 84.3 Å². The smallest absolute Gasteiger partial charge is 0.315 e. The van der Waals surface area contributed by atoms with Crippen molar-refractivity contribution in [3.63, 3.8) is 0 Å². The zero-order valence-corrected chi connectivity index (χ0v) is 26.0. The number of carbonyl (C=O) groups is 3. The highest BCUT2D eigenvalue weighted by Gasteiger charge is 2.28. The molecule has 0 bridgehead atoms. The molecule has 4 aromatic rings. The van der Waals surface area contributed by atoms with Crippen molar-refractivity contribution in [3.8, 4) is 0 Å². The van der Waals surface area contributed by atoms with Crippen molar-refractivity contribution in [2.24, 2.45) is 5.73 Å². The number of rotatable bonds is 5. The Kier molecular flexibility index (Phi) is 14.3. The van der Waals surface area contributed by atoms with Crippen molar-refractivity contribution in [2.45, 2.75) is 52.6 Å². The first-order chi connectivity index (χ1) is 22.0. The first-order valence-electron chi connectivity index (χ1n) is 14.6. The molecule has 0 radical (unpaired) electrons. The average Bonchev–Trinajstić information content (AvgIpc) is 3.64. The third-order valence-electron chi connectivity index (χ3n) is 7.96. The predicted octanol–water partition coefficient (Wildman–Crippen LogP) is 7.99. The summed E-state index contributed by atoms with van der Waals surface area (Å²) in [5, 5.41) is 10.5. The van der Waals surface area contributed by atoms with Crippen LogP contribution in [0.2, 0.25) is 0 Å². The van der Waals surface area contributed by atoms with Gasteiger partial charge in [0.25, 0.3) is 11.8 Å². The lowest BCUT2D eigenvalue weighted by molar-refractivity contribution is 0.101. The van der Waals surface area contributed by atoms with E-state index in [0.717, 1.165) is 59.4 Å². The lowest BCUT2D eigenvalue weighted by Gasteiger charge is -2.14. The van der Waals surface area contributed by atoms with E-state index >= 15 is 0 Å². The summed E-state index contributed by atoms with van der Waals surface area (Å²) in [4.78, 5) is 36.4. The maximum Gasteiger partial charge on any atom is 0.315 e. The number of hydrogen-bond donors (Lipinski definition) is 5. The van der Waals surface area contributed by atoms with E-state index in [9.17, 15) is 31.9 Å². The fourth-order valence-corrected chi connectivity index (χ4v) is 5.69. The van der Waals surface area contributed by atoms with Crippen LogP contribution in [0.3, 0.4) is 0 Å². The van der Waals surface area contributed by atoms with Crippen LogP contribution in [0.25, 0.3) is 0 Å². The molecule has 0 heterocycles. The van der Waals surface area contributed by atoms with E-state index in [-0.39, 0.29) is 62.7 Å².